The summed E-state index contributed by atoms with van der Waals surface area (Å²) in [6.45, 7) is 9.30. The molecule has 9 rings (SSSR count). The second-order valence-corrected chi connectivity index (χ2v) is 13.9. The van der Waals surface area contributed by atoms with Gasteiger partial charge in [-0.05, 0) is 79.0 Å². The zero-order valence-corrected chi connectivity index (χ0v) is 26.6. The summed E-state index contributed by atoms with van der Waals surface area (Å²) in [5.41, 5.74) is 13.7. The second-order valence-electron chi connectivity index (χ2n) is 13.9. The normalized spacial score (nSPS) is 18.1. The molecule has 0 saturated carbocycles. The maximum Gasteiger partial charge on any atom is 0.159 e. The molecule has 1 heterocycles. The van der Waals surface area contributed by atoms with Crippen LogP contribution in [0.2, 0.25) is 0 Å². The summed E-state index contributed by atoms with van der Waals surface area (Å²) in [5, 5.41) is 6.16. The van der Waals surface area contributed by atoms with Crippen LogP contribution in [-0.4, -0.2) is 11.7 Å². The summed E-state index contributed by atoms with van der Waals surface area (Å²) in [6, 6.07) is 46.3. The first-order valence-corrected chi connectivity index (χ1v) is 16.2. The molecule has 0 amide bonds. The van der Waals surface area contributed by atoms with Crippen LogP contribution in [0.15, 0.2) is 137 Å². The average Bonchev–Trinajstić information content (AvgIpc) is 3.47. The minimum atomic E-state index is -0.274. The summed E-state index contributed by atoms with van der Waals surface area (Å²) >= 11 is 0. The molecule has 2 aliphatic carbocycles. The van der Waals surface area contributed by atoms with E-state index in [2.05, 4.69) is 160 Å². The van der Waals surface area contributed by atoms with E-state index in [9.17, 15) is 0 Å². The fourth-order valence-corrected chi connectivity index (χ4v) is 7.97. The van der Waals surface area contributed by atoms with Crippen molar-refractivity contribution in [3.05, 3.63) is 166 Å². The van der Waals surface area contributed by atoms with Crippen LogP contribution in [0.1, 0.15) is 72.8 Å². The Morgan fingerprint density at radius 2 is 1.04 bits per heavy atom. The van der Waals surface area contributed by atoms with Crippen molar-refractivity contribution in [2.24, 2.45) is 9.98 Å². The van der Waals surface area contributed by atoms with E-state index in [1.165, 1.54) is 55.3 Å². The van der Waals surface area contributed by atoms with Crippen LogP contribution in [0.4, 0.5) is 0 Å². The van der Waals surface area contributed by atoms with Crippen LogP contribution < -0.4 is 5.32 Å². The number of nitrogens with one attached hydrogen (secondary N) is 1. The third-order valence-corrected chi connectivity index (χ3v) is 10.5. The van der Waals surface area contributed by atoms with Gasteiger partial charge in [-0.3, -0.25) is 0 Å². The molecule has 0 aromatic heterocycles. The van der Waals surface area contributed by atoms with E-state index in [4.69, 9.17) is 9.98 Å². The van der Waals surface area contributed by atoms with Gasteiger partial charge >= 0.3 is 0 Å². The standard InChI is InChI=1S/C43H35N3/c1-42(2)35-15-9-7-13-31(35)33-21-19-29(24-37(33)42)40-44-39(28-18-17-26-11-5-6-12-27(26)23-28)45-41(46-40)30-20-22-34-32-14-8-10-16-36(32)43(3,4)38(34)25-30/h5-25,39H,1-4H3,(H,44,45,46). The van der Waals surface area contributed by atoms with Crippen LogP contribution in [0.5, 0.6) is 0 Å². The van der Waals surface area contributed by atoms with Crippen LogP contribution in [0, 0.1) is 0 Å². The Morgan fingerprint density at radius 1 is 0.500 bits per heavy atom. The van der Waals surface area contributed by atoms with Gasteiger partial charge in [0.1, 0.15) is 12.0 Å². The molecule has 0 bridgehead atoms. The molecule has 1 unspecified atom stereocenters. The zero-order valence-electron chi connectivity index (χ0n) is 26.6. The molecule has 3 nitrogen and oxygen atoms in total. The van der Waals surface area contributed by atoms with E-state index in [-0.39, 0.29) is 17.0 Å². The maximum atomic E-state index is 5.28. The van der Waals surface area contributed by atoms with Crippen LogP contribution in [0.25, 0.3) is 33.0 Å². The molecule has 3 heteroatoms. The topological polar surface area (TPSA) is 36.8 Å². The molecule has 1 N–H and O–H groups in total. The summed E-state index contributed by atoms with van der Waals surface area (Å²) in [7, 11) is 0. The van der Waals surface area contributed by atoms with Gasteiger partial charge in [0.15, 0.2) is 5.84 Å². The van der Waals surface area contributed by atoms with Crippen molar-refractivity contribution in [2.75, 3.05) is 0 Å². The summed E-state index contributed by atoms with van der Waals surface area (Å²) < 4.78 is 0. The van der Waals surface area contributed by atoms with E-state index < -0.39 is 0 Å². The molecule has 0 radical (unpaired) electrons. The van der Waals surface area contributed by atoms with Crippen LogP contribution in [0.3, 0.4) is 0 Å². The third kappa shape index (κ3) is 3.91. The van der Waals surface area contributed by atoms with Gasteiger partial charge in [0.05, 0.1) is 0 Å². The molecule has 0 spiro atoms. The smallest absolute Gasteiger partial charge is 0.159 e. The van der Waals surface area contributed by atoms with Gasteiger partial charge in [-0.25, -0.2) is 9.98 Å². The number of hydrogen-bond donors (Lipinski definition) is 1. The lowest BCUT2D eigenvalue weighted by atomic mass is 9.82. The second kappa shape index (κ2) is 9.61. The number of benzene rings is 6. The van der Waals surface area contributed by atoms with E-state index in [0.29, 0.717) is 0 Å². The number of amidine groups is 2. The molecule has 46 heavy (non-hydrogen) atoms. The zero-order chi connectivity index (χ0) is 31.2. The molecule has 0 fully saturated rings. The van der Waals surface area contributed by atoms with Gasteiger partial charge < -0.3 is 5.32 Å². The minimum Gasteiger partial charge on any atom is -0.344 e. The Morgan fingerprint density at radius 3 is 1.72 bits per heavy atom. The van der Waals surface area contributed by atoms with Crippen molar-refractivity contribution in [1.29, 1.82) is 0 Å². The maximum absolute atomic E-state index is 5.28. The summed E-state index contributed by atoms with van der Waals surface area (Å²) in [5.74, 6) is 1.60. The van der Waals surface area contributed by atoms with E-state index in [0.717, 1.165) is 28.4 Å². The van der Waals surface area contributed by atoms with Gasteiger partial charge in [-0.15, -0.1) is 0 Å². The van der Waals surface area contributed by atoms with Gasteiger partial charge in [0, 0.05) is 22.0 Å². The van der Waals surface area contributed by atoms with E-state index in [1.54, 1.807) is 0 Å². The van der Waals surface area contributed by atoms with Crippen molar-refractivity contribution < 1.29 is 0 Å². The van der Waals surface area contributed by atoms with Gasteiger partial charge in [0.2, 0.25) is 0 Å². The molecule has 0 saturated heterocycles. The van der Waals surface area contributed by atoms with Crippen LogP contribution >= 0.6 is 0 Å². The van der Waals surface area contributed by atoms with Crippen LogP contribution in [-0.2, 0) is 10.8 Å². The largest absolute Gasteiger partial charge is 0.344 e. The highest BCUT2D eigenvalue weighted by Crippen LogP contribution is 2.50. The molecular weight excluding hydrogens is 558 g/mol. The molecule has 1 atom stereocenters. The molecule has 1 aliphatic heterocycles. The highest BCUT2D eigenvalue weighted by Gasteiger charge is 2.37. The van der Waals surface area contributed by atoms with Gasteiger partial charge in [0.25, 0.3) is 0 Å². The lowest BCUT2D eigenvalue weighted by molar-refractivity contribution is 0.658. The van der Waals surface area contributed by atoms with Crippen molar-refractivity contribution in [2.45, 2.75) is 44.7 Å². The first-order chi connectivity index (χ1) is 22.3. The Kier molecular flexibility index (Phi) is 5.65. The highest BCUT2D eigenvalue weighted by atomic mass is 15.2. The third-order valence-electron chi connectivity index (χ3n) is 10.5. The van der Waals surface area contributed by atoms with Gasteiger partial charge in [-0.1, -0.05) is 137 Å². The summed E-state index contributed by atoms with van der Waals surface area (Å²) in [4.78, 5) is 10.5. The lowest BCUT2D eigenvalue weighted by Gasteiger charge is -2.26. The lowest BCUT2D eigenvalue weighted by Crippen LogP contribution is -2.34. The molecule has 3 aliphatic rings. The average molecular weight is 594 g/mol. The van der Waals surface area contributed by atoms with Crippen molar-refractivity contribution in [1.82, 2.24) is 5.32 Å². The van der Waals surface area contributed by atoms with Crippen molar-refractivity contribution >= 4 is 22.4 Å². The fraction of sp³-hybridized carbons (Fsp3) is 0.163. The van der Waals surface area contributed by atoms with Crippen molar-refractivity contribution in [3.63, 3.8) is 0 Å². The molecule has 222 valence electrons. The predicted molar refractivity (Wildman–Crippen MR) is 191 cm³/mol. The quantitative estimate of drug-likeness (QED) is 0.218. The molecule has 6 aromatic rings. The Labute approximate surface area is 270 Å². The Balaban J connectivity index is 1.19. The van der Waals surface area contributed by atoms with Gasteiger partial charge in [-0.2, -0.15) is 0 Å². The number of fused-ring (bicyclic) bond motifs is 7. The SMILES string of the molecule is CC1(C)c2ccccc2-c2ccc(C3=NC(c4ccc5ccccc5c4)NC(c4ccc5c(c4)C(C)(C)c4ccccc4-5)=N3)cc21. The fourth-order valence-electron chi connectivity index (χ4n) is 7.97. The number of rotatable bonds is 3. The first-order valence-electron chi connectivity index (χ1n) is 16.2. The first kappa shape index (κ1) is 27.1. The highest BCUT2D eigenvalue weighted by molar-refractivity contribution is 6.13. The van der Waals surface area contributed by atoms with E-state index >= 15 is 0 Å². The monoisotopic (exact) mass is 593 g/mol. The molecule has 6 aromatic carbocycles. The minimum absolute atomic E-state index is 0.0909. The summed E-state index contributed by atoms with van der Waals surface area (Å²) in [6.07, 6.45) is -0.274. The predicted octanol–water partition coefficient (Wildman–Crippen LogP) is 9.95. The Bertz CT molecular complexity index is 2300. The molecular formula is C43H35N3. The number of aliphatic imine (C=N–C) groups is 2. The number of hydrogen-bond acceptors (Lipinski definition) is 3. The van der Waals surface area contributed by atoms with E-state index in [1.807, 2.05) is 0 Å². The number of nitrogens with zero attached hydrogens (tertiary/aromatic N) is 2. The van der Waals surface area contributed by atoms with Crippen molar-refractivity contribution in [3.8, 4) is 22.3 Å². The Hall–Kier alpha value is -5.28.